The molecule has 13 nitrogen and oxygen atoms in total. The van der Waals surface area contributed by atoms with E-state index < -0.39 is 48.3 Å². The van der Waals surface area contributed by atoms with Gasteiger partial charge < -0.3 is 41.3 Å². The minimum Gasteiger partial charge on any atom is -0.508 e. The summed E-state index contributed by atoms with van der Waals surface area (Å²) in [6.45, 7) is 0.897. The number of carboxylic acid groups (broad SMARTS) is 1. The van der Waals surface area contributed by atoms with Gasteiger partial charge in [0.25, 0.3) is 5.91 Å². The van der Waals surface area contributed by atoms with Gasteiger partial charge in [-0.15, -0.1) is 0 Å². The van der Waals surface area contributed by atoms with E-state index in [0.29, 0.717) is 59.8 Å². The molecule has 1 saturated heterocycles. The maximum Gasteiger partial charge on any atom is 0.305 e. The molecule has 1 fully saturated rings. The largest absolute Gasteiger partial charge is 0.508 e. The average Bonchev–Trinajstić information content (AvgIpc) is 2.96. The molecule has 0 aromatic heterocycles. The van der Waals surface area contributed by atoms with Gasteiger partial charge >= 0.3 is 5.97 Å². The lowest BCUT2D eigenvalue weighted by atomic mass is 9.75. The van der Waals surface area contributed by atoms with Crippen LogP contribution in [0, 0.1) is 11.3 Å². The first-order chi connectivity index (χ1) is 20.1. The van der Waals surface area contributed by atoms with Crippen molar-refractivity contribution in [3.05, 3.63) is 57.6 Å². The summed E-state index contributed by atoms with van der Waals surface area (Å²) in [6.07, 6.45) is -0.0497. The van der Waals surface area contributed by atoms with Crippen molar-refractivity contribution in [3.8, 4) is 11.8 Å². The quantitative estimate of drug-likeness (QED) is 0.210. The standard InChI is InChI=1S/C28H31BrN6O7/c29-19-6-16(5-18(9-19)28(15-30)1-3-42-4-2-28)23(11-25(39)40)35-24(38)14-31-26(41)17-7-20(10-21(36)8-17)34-27-32-12-22(37)13-33-27/h5-10,22-23,36-37H,1-4,11-14H2,(H,31,41)(H,35,38)(H,39,40)(H2,32,33,34)/t23-/m0/s1. The summed E-state index contributed by atoms with van der Waals surface area (Å²) < 4.78 is 6.06. The zero-order valence-corrected chi connectivity index (χ0v) is 24.1. The van der Waals surface area contributed by atoms with Crippen LogP contribution in [-0.4, -0.2) is 78.0 Å². The Kier molecular flexibility index (Phi) is 10.00. The molecule has 0 aliphatic carbocycles. The van der Waals surface area contributed by atoms with Crippen LogP contribution in [0.3, 0.4) is 0 Å². The van der Waals surface area contributed by atoms with Crippen LogP contribution < -0.4 is 21.3 Å². The molecule has 2 aromatic carbocycles. The Morgan fingerprint density at radius 2 is 1.95 bits per heavy atom. The normalized spacial score (nSPS) is 18.4. The lowest BCUT2D eigenvalue weighted by Gasteiger charge is -2.32. The number of aliphatic imine (C=N–C) groups is 1. The van der Waals surface area contributed by atoms with Gasteiger partial charge in [-0.25, -0.2) is 0 Å². The summed E-state index contributed by atoms with van der Waals surface area (Å²) >= 11 is 3.45. The summed E-state index contributed by atoms with van der Waals surface area (Å²) in [5.74, 6) is -2.24. The SMILES string of the molecule is N#CC1(c2cc(Br)cc([C@H](CC(=O)O)NC(=O)CNC(=O)c3cc(O)cc(NC4=NCC(O)CN4)c3)c2)CCOCC1. The van der Waals surface area contributed by atoms with Crippen molar-refractivity contribution in [1.29, 1.82) is 5.26 Å². The highest BCUT2D eigenvalue weighted by Crippen LogP contribution is 2.37. The number of benzene rings is 2. The van der Waals surface area contributed by atoms with Crippen molar-refractivity contribution in [1.82, 2.24) is 16.0 Å². The third-order valence-corrected chi connectivity index (χ3v) is 7.42. The Morgan fingerprint density at radius 1 is 1.19 bits per heavy atom. The molecular formula is C28H31BrN6O7. The van der Waals surface area contributed by atoms with Gasteiger partial charge in [0.1, 0.15) is 5.75 Å². The molecule has 2 aliphatic rings. The number of phenols is 1. The highest BCUT2D eigenvalue weighted by Gasteiger charge is 2.35. The molecule has 2 aliphatic heterocycles. The molecule has 7 N–H and O–H groups in total. The number of carbonyl (C=O) groups is 3. The summed E-state index contributed by atoms with van der Waals surface area (Å²) in [5.41, 5.74) is 0.836. The van der Waals surface area contributed by atoms with Crippen LogP contribution in [-0.2, 0) is 19.7 Å². The van der Waals surface area contributed by atoms with Gasteiger partial charge in [-0.1, -0.05) is 22.0 Å². The number of nitrogens with one attached hydrogen (secondary N) is 4. The fourth-order valence-electron chi connectivity index (χ4n) is 4.78. The molecule has 0 saturated carbocycles. The molecule has 14 heteroatoms. The first-order valence-electron chi connectivity index (χ1n) is 13.2. The molecule has 2 heterocycles. The average molecular weight is 643 g/mol. The number of hydrogen-bond donors (Lipinski definition) is 7. The van der Waals surface area contributed by atoms with Gasteiger partial charge in [-0.2, -0.15) is 5.26 Å². The Bertz CT molecular complexity index is 1420. The number of carbonyl (C=O) groups excluding carboxylic acids is 2. The van der Waals surface area contributed by atoms with Crippen LogP contribution in [0.4, 0.5) is 5.69 Å². The molecule has 0 bridgehead atoms. The third-order valence-electron chi connectivity index (χ3n) is 6.97. The van der Waals surface area contributed by atoms with Crippen molar-refractivity contribution in [2.45, 2.75) is 36.8 Å². The number of ether oxygens (including phenoxy) is 1. The van der Waals surface area contributed by atoms with E-state index in [9.17, 15) is 35.0 Å². The molecule has 4 rings (SSSR count). The van der Waals surface area contributed by atoms with Crippen LogP contribution in [0.15, 0.2) is 45.9 Å². The van der Waals surface area contributed by atoms with Crippen molar-refractivity contribution < 1.29 is 34.4 Å². The third kappa shape index (κ3) is 7.96. The fraction of sp³-hybridized carbons (Fsp3) is 0.393. The van der Waals surface area contributed by atoms with E-state index in [1.165, 1.54) is 18.2 Å². The fourth-order valence-corrected chi connectivity index (χ4v) is 5.29. The number of rotatable bonds is 9. The number of β-amino-alcohol motifs (C(OH)–C–C–N with tert-alkyl or cyclic N) is 1. The van der Waals surface area contributed by atoms with Gasteiger partial charge in [-0.05, 0) is 48.2 Å². The second-order valence-corrected chi connectivity index (χ2v) is 11.0. The van der Waals surface area contributed by atoms with Gasteiger partial charge in [0.05, 0.1) is 43.1 Å². The predicted molar refractivity (Wildman–Crippen MR) is 155 cm³/mol. The Labute approximate surface area is 250 Å². The number of amides is 2. The molecule has 42 heavy (non-hydrogen) atoms. The molecule has 2 amide bonds. The number of hydrogen-bond acceptors (Lipinski definition) is 10. The molecule has 222 valence electrons. The van der Waals surface area contributed by atoms with Crippen LogP contribution in [0.25, 0.3) is 0 Å². The van der Waals surface area contributed by atoms with Crippen LogP contribution in [0.2, 0.25) is 0 Å². The Hall–Kier alpha value is -4.19. The number of nitriles is 1. The second kappa shape index (κ2) is 13.6. The van der Waals surface area contributed by atoms with E-state index in [1.807, 2.05) is 6.07 Å². The number of anilines is 1. The highest BCUT2D eigenvalue weighted by molar-refractivity contribution is 9.10. The van der Waals surface area contributed by atoms with E-state index >= 15 is 0 Å². The van der Waals surface area contributed by atoms with Crippen molar-refractivity contribution >= 4 is 45.4 Å². The summed E-state index contributed by atoms with van der Waals surface area (Å²) in [4.78, 5) is 41.5. The van der Waals surface area contributed by atoms with E-state index in [4.69, 9.17) is 4.74 Å². The number of aliphatic carboxylic acids is 1. The lowest BCUT2D eigenvalue weighted by Crippen LogP contribution is -2.42. The molecule has 0 spiro atoms. The maximum atomic E-state index is 12.9. The van der Waals surface area contributed by atoms with Crippen molar-refractivity contribution in [3.63, 3.8) is 0 Å². The van der Waals surface area contributed by atoms with E-state index in [0.717, 1.165) is 0 Å². The monoisotopic (exact) mass is 642 g/mol. The lowest BCUT2D eigenvalue weighted by molar-refractivity contribution is -0.137. The number of aliphatic hydroxyl groups is 1. The number of halogens is 1. The zero-order chi connectivity index (χ0) is 30.3. The van der Waals surface area contributed by atoms with Crippen molar-refractivity contribution in [2.75, 3.05) is 38.2 Å². The number of guanidine groups is 1. The first kappa shape index (κ1) is 30.8. The minimum atomic E-state index is -1.14. The van der Waals surface area contributed by atoms with E-state index in [-0.39, 0.29) is 17.9 Å². The van der Waals surface area contributed by atoms with Crippen LogP contribution >= 0.6 is 15.9 Å². The van der Waals surface area contributed by atoms with Gasteiger partial charge in [0.15, 0.2) is 5.96 Å². The van der Waals surface area contributed by atoms with Crippen LogP contribution in [0.5, 0.6) is 5.75 Å². The maximum absolute atomic E-state index is 12.9. The molecule has 1 unspecified atom stereocenters. The zero-order valence-electron chi connectivity index (χ0n) is 22.5. The minimum absolute atomic E-state index is 0.0683. The Morgan fingerprint density at radius 3 is 2.62 bits per heavy atom. The number of aliphatic hydroxyl groups excluding tert-OH is 1. The summed E-state index contributed by atoms with van der Waals surface area (Å²) in [6, 6.07) is 10.8. The Balaban J connectivity index is 1.44. The molecule has 2 atom stereocenters. The van der Waals surface area contributed by atoms with E-state index in [2.05, 4.69) is 48.3 Å². The molecule has 2 aromatic rings. The number of carboxylic acids is 1. The highest BCUT2D eigenvalue weighted by atomic mass is 79.9. The number of aromatic hydroxyl groups is 1. The van der Waals surface area contributed by atoms with Crippen LogP contribution in [0.1, 0.15) is 46.8 Å². The van der Waals surface area contributed by atoms with Gasteiger partial charge in [-0.3, -0.25) is 19.4 Å². The topological polar surface area (TPSA) is 205 Å². The van der Waals surface area contributed by atoms with Gasteiger partial charge in [0, 0.05) is 41.5 Å². The van der Waals surface area contributed by atoms with Gasteiger partial charge in [0.2, 0.25) is 5.91 Å². The van der Waals surface area contributed by atoms with Crippen molar-refractivity contribution in [2.24, 2.45) is 4.99 Å². The molecule has 0 radical (unpaired) electrons. The molecular weight excluding hydrogens is 612 g/mol. The smallest absolute Gasteiger partial charge is 0.305 e. The van der Waals surface area contributed by atoms with E-state index in [1.54, 1.807) is 12.1 Å². The second-order valence-electron chi connectivity index (χ2n) is 10.1. The number of nitrogens with zero attached hydrogens (tertiary/aromatic N) is 2. The predicted octanol–water partition coefficient (Wildman–Crippen LogP) is 1.52. The summed E-state index contributed by atoms with van der Waals surface area (Å²) in [5, 5.41) is 50.1. The first-order valence-corrected chi connectivity index (χ1v) is 14.0. The number of phenolic OH excluding ortho intramolecular Hbond substituents is 1. The summed E-state index contributed by atoms with van der Waals surface area (Å²) in [7, 11) is 0.